The summed E-state index contributed by atoms with van der Waals surface area (Å²) in [5.41, 5.74) is 2.94. The molecule has 114 valence electrons. The number of carbonyl (C=O) groups excluding carboxylic acids is 1. The van der Waals surface area contributed by atoms with Gasteiger partial charge in [-0.25, -0.2) is 0 Å². The number of hydrogen-bond donors (Lipinski definition) is 0. The molecule has 22 heavy (non-hydrogen) atoms. The third kappa shape index (κ3) is 4.40. The zero-order valence-corrected chi connectivity index (χ0v) is 13.2. The quantitative estimate of drug-likeness (QED) is 0.684. The summed E-state index contributed by atoms with van der Waals surface area (Å²) in [6.07, 6.45) is 2.96. The third-order valence-corrected chi connectivity index (χ3v) is 3.68. The minimum Gasteiger partial charge on any atom is -0.376 e. The molecule has 2 nitrogen and oxygen atoms in total. The largest absolute Gasteiger partial charge is 0.376 e. The van der Waals surface area contributed by atoms with Gasteiger partial charge in [0.05, 0.1) is 6.10 Å². The lowest BCUT2D eigenvalue weighted by Crippen LogP contribution is -2.08. The zero-order valence-electron chi connectivity index (χ0n) is 13.2. The first-order valence-electron chi connectivity index (χ1n) is 7.61. The minimum atomic E-state index is -0.105. The van der Waals surface area contributed by atoms with E-state index in [1.165, 1.54) is 0 Å². The van der Waals surface area contributed by atoms with Gasteiger partial charge in [0.15, 0.2) is 5.78 Å². The van der Waals surface area contributed by atoms with Crippen molar-refractivity contribution in [3.63, 3.8) is 0 Å². The molecule has 0 aliphatic heterocycles. The van der Waals surface area contributed by atoms with Gasteiger partial charge in [-0.05, 0) is 22.8 Å². The molecule has 2 heteroatoms. The number of methoxy groups -OCH3 is 1. The first-order chi connectivity index (χ1) is 10.7. The Labute approximate surface area is 132 Å². The summed E-state index contributed by atoms with van der Waals surface area (Å²) >= 11 is 0. The van der Waals surface area contributed by atoms with Gasteiger partial charge in [-0.2, -0.15) is 0 Å². The summed E-state index contributed by atoms with van der Waals surface area (Å²) in [6, 6.07) is 20.0. The second kappa shape index (κ2) is 8.30. The van der Waals surface area contributed by atoms with E-state index in [-0.39, 0.29) is 11.9 Å². The highest BCUT2D eigenvalue weighted by atomic mass is 16.5. The minimum absolute atomic E-state index is 0.105. The first-order valence-corrected chi connectivity index (χ1v) is 7.61. The molecule has 0 bridgehead atoms. The molecule has 0 fully saturated rings. The molecule has 0 amide bonds. The van der Waals surface area contributed by atoms with Crippen molar-refractivity contribution < 1.29 is 9.53 Å². The molecule has 1 unspecified atom stereocenters. The number of hydrogen-bond acceptors (Lipinski definition) is 2. The van der Waals surface area contributed by atoms with Crippen LogP contribution in [0.25, 0.3) is 6.08 Å². The van der Waals surface area contributed by atoms with Crippen molar-refractivity contribution in [2.75, 3.05) is 7.11 Å². The molecular formula is C20H22O2. The molecule has 2 aromatic carbocycles. The lowest BCUT2D eigenvalue weighted by atomic mass is 9.96. The average molecular weight is 294 g/mol. The lowest BCUT2D eigenvalue weighted by molar-refractivity contribution is -0.115. The highest BCUT2D eigenvalue weighted by Crippen LogP contribution is 2.26. The Morgan fingerprint density at radius 2 is 1.64 bits per heavy atom. The molecule has 0 aliphatic carbocycles. The van der Waals surface area contributed by atoms with Crippen LogP contribution in [-0.4, -0.2) is 12.9 Å². The molecule has 0 aromatic heterocycles. The van der Waals surface area contributed by atoms with Gasteiger partial charge in [-0.1, -0.05) is 67.6 Å². The van der Waals surface area contributed by atoms with E-state index in [0.717, 1.165) is 16.7 Å². The number of rotatable bonds is 7. The predicted octanol–water partition coefficient (Wildman–Crippen LogP) is 4.83. The van der Waals surface area contributed by atoms with Gasteiger partial charge in [-0.15, -0.1) is 0 Å². The Balaban J connectivity index is 2.26. The molecule has 0 spiro atoms. The van der Waals surface area contributed by atoms with Gasteiger partial charge < -0.3 is 4.74 Å². The normalized spacial score (nSPS) is 12.9. The van der Waals surface area contributed by atoms with Gasteiger partial charge in [0.2, 0.25) is 0 Å². The molecule has 0 N–H and O–H groups in total. The summed E-state index contributed by atoms with van der Waals surface area (Å²) in [5.74, 6) is 0.168. The Bertz CT molecular complexity index is 615. The maximum absolute atomic E-state index is 12.3. The third-order valence-electron chi connectivity index (χ3n) is 3.68. The standard InChI is InChI=1S/C20H22O2/c1-3-19(21)18(14-16-10-6-4-7-11-16)15-20(22-2)17-12-8-5-9-13-17/h4-14,20H,3,15H2,1-2H3/b18-14-. The summed E-state index contributed by atoms with van der Waals surface area (Å²) < 4.78 is 5.61. The molecule has 0 saturated heterocycles. The summed E-state index contributed by atoms with van der Waals surface area (Å²) in [7, 11) is 1.69. The van der Waals surface area contributed by atoms with Crippen molar-refractivity contribution in [3.8, 4) is 0 Å². The fourth-order valence-electron chi connectivity index (χ4n) is 2.44. The zero-order chi connectivity index (χ0) is 15.8. The fraction of sp³-hybridized carbons (Fsp3) is 0.250. The molecule has 0 saturated carbocycles. The van der Waals surface area contributed by atoms with Crippen LogP contribution in [0.1, 0.15) is 37.0 Å². The van der Waals surface area contributed by atoms with Crippen LogP contribution < -0.4 is 0 Å². The Morgan fingerprint density at radius 3 is 2.18 bits per heavy atom. The second-order valence-electron chi connectivity index (χ2n) is 5.20. The fourth-order valence-corrected chi connectivity index (χ4v) is 2.44. The van der Waals surface area contributed by atoms with Crippen LogP contribution in [0.5, 0.6) is 0 Å². The summed E-state index contributed by atoms with van der Waals surface area (Å²) in [4.78, 5) is 12.3. The van der Waals surface area contributed by atoms with Crippen molar-refractivity contribution in [1.29, 1.82) is 0 Å². The van der Waals surface area contributed by atoms with Crippen molar-refractivity contribution in [3.05, 3.63) is 77.4 Å². The van der Waals surface area contributed by atoms with Gasteiger partial charge in [0.25, 0.3) is 0 Å². The van der Waals surface area contributed by atoms with Gasteiger partial charge in [0.1, 0.15) is 0 Å². The SMILES string of the molecule is CCC(=O)/C(=C\c1ccccc1)CC(OC)c1ccccc1. The van der Waals surface area contributed by atoms with E-state index in [2.05, 4.69) is 0 Å². The number of ether oxygens (including phenoxy) is 1. The number of Topliss-reactive ketones (excluding diaryl/α,β-unsaturated/α-hetero) is 1. The Kier molecular flexibility index (Phi) is 6.11. The van der Waals surface area contributed by atoms with Crippen molar-refractivity contribution in [2.24, 2.45) is 0 Å². The topological polar surface area (TPSA) is 26.3 Å². The van der Waals surface area contributed by atoms with E-state index in [9.17, 15) is 4.79 Å². The van der Waals surface area contributed by atoms with Crippen LogP contribution in [0, 0.1) is 0 Å². The smallest absolute Gasteiger partial charge is 0.158 e. The van der Waals surface area contributed by atoms with Crippen LogP contribution in [-0.2, 0) is 9.53 Å². The van der Waals surface area contributed by atoms with Crippen molar-refractivity contribution >= 4 is 11.9 Å². The lowest BCUT2D eigenvalue weighted by Gasteiger charge is -2.17. The maximum atomic E-state index is 12.3. The van der Waals surface area contributed by atoms with Crippen LogP contribution in [0.3, 0.4) is 0 Å². The van der Waals surface area contributed by atoms with E-state index in [1.54, 1.807) is 7.11 Å². The molecule has 2 rings (SSSR count). The number of carbonyl (C=O) groups is 1. The van der Waals surface area contributed by atoms with E-state index in [4.69, 9.17) is 4.74 Å². The Hall–Kier alpha value is -2.19. The molecule has 0 radical (unpaired) electrons. The molecule has 2 aromatic rings. The van der Waals surface area contributed by atoms with E-state index < -0.39 is 0 Å². The molecule has 1 atom stereocenters. The van der Waals surface area contributed by atoms with Gasteiger partial charge in [0, 0.05) is 20.0 Å². The predicted molar refractivity (Wildman–Crippen MR) is 90.5 cm³/mol. The van der Waals surface area contributed by atoms with Gasteiger partial charge >= 0.3 is 0 Å². The molecular weight excluding hydrogens is 272 g/mol. The highest BCUT2D eigenvalue weighted by molar-refractivity contribution is 5.99. The van der Waals surface area contributed by atoms with Crippen LogP contribution in [0.2, 0.25) is 0 Å². The van der Waals surface area contributed by atoms with E-state index in [0.29, 0.717) is 12.8 Å². The van der Waals surface area contributed by atoms with Crippen LogP contribution >= 0.6 is 0 Å². The summed E-state index contributed by atoms with van der Waals surface area (Å²) in [5, 5.41) is 0. The van der Waals surface area contributed by atoms with E-state index in [1.807, 2.05) is 73.7 Å². The number of benzene rings is 2. The van der Waals surface area contributed by atoms with Gasteiger partial charge in [-0.3, -0.25) is 4.79 Å². The van der Waals surface area contributed by atoms with Crippen molar-refractivity contribution in [1.82, 2.24) is 0 Å². The van der Waals surface area contributed by atoms with Crippen LogP contribution in [0.15, 0.2) is 66.2 Å². The van der Waals surface area contributed by atoms with E-state index >= 15 is 0 Å². The number of ketones is 1. The molecule has 0 aliphatic rings. The monoisotopic (exact) mass is 294 g/mol. The Morgan fingerprint density at radius 1 is 1.05 bits per heavy atom. The maximum Gasteiger partial charge on any atom is 0.158 e. The van der Waals surface area contributed by atoms with Crippen LogP contribution in [0.4, 0.5) is 0 Å². The first kappa shape index (κ1) is 16.2. The molecule has 0 heterocycles. The average Bonchev–Trinajstić information content (AvgIpc) is 2.59. The summed E-state index contributed by atoms with van der Waals surface area (Å²) in [6.45, 7) is 1.89. The second-order valence-corrected chi connectivity index (χ2v) is 5.20. The highest BCUT2D eigenvalue weighted by Gasteiger charge is 2.16. The van der Waals surface area contributed by atoms with Crippen molar-refractivity contribution in [2.45, 2.75) is 25.9 Å².